The van der Waals surface area contributed by atoms with E-state index < -0.39 is 32.6 Å². The number of sulfonamides is 1. The first kappa shape index (κ1) is 28.2. The second-order valence-electron chi connectivity index (χ2n) is 10.4. The molecule has 1 aromatic carbocycles. The van der Waals surface area contributed by atoms with Gasteiger partial charge in [0, 0.05) is 45.0 Å². The first-order chi connectivity index (χ1) is 18.9. The molecular formula is C26H31FN6O5S2. The van der Waals surface area contributed by atoms with E-state index in [0.717, 1.165) is 28.7 Å². The van der Waals surface area contributed by atoms with E-state index in [-0.39, 0.29) is 27.5 Å². The summed E-state index contributed by atoms with van der Waals surface area (Å²) in [6, 6.07) is 5.99. The SMILES string of the molecule is COCCN(C)c1ccc(Cn2c(=O)n(Cc3cnn(C)c3)c(=O)c3cc(S(=O)(=O)NC4(C)CC4)sc32)cc1F. The van der Waals surface area contributed by atoms with Gasteiger partial charge >= 0.3 is 5.69 Å². The largest absolute Gasteiger partial charge is 0.383 e. The summed E-state index contributed by atoms with van der Waals surface area (Å²) in [5, 5.41) is 4.21. The molecule has 0 bridgehead atoms. The van der Waals surface area contributed by atoms with Gasteiger partial charge in [-0.1, -0.05) is 6.07 Å². The van der Waals surface area contributed by atoms with Crippen LogP contribution in [0.4, 0.5) is 10.1 Å². The molecule has 40 heavy (non-hydrogen) atoms. The van der Waals surface area contributed by atoms with Crippen LogP contribution >= 0.6 is 11.3 Å². The van der Waals surface area contributed by atoms with Gasteiger partial charge in [0.05, 0.1) is 37.0 Å². The maximum Gasteiger partial charge on any atom is 0.332 e. The summed E-state index contributed by atoms with van der Waals surface area (Å²) in [6.07, 6.45) is 4.70. The van der Waals surface area contributed by atoms with Gasteiger partial charge in [0.1, 0.15) is 14.9 Å². The average Bonchev–Trinajstić information content (AvgIpc) is 3.26. The van der Waals surface area contributed by atoms with E-state index in [1.54, 1.807) is 55.3 Å². The van der Waals surface area contributed by atoms with Gasteiger partial charge in [-0.25, -0.2) is 22.3 Å². The Hall–Kier alpha value is -3.33. The normalized spacial score (nSPS) is 14.6. The molecule has 3 heterocycles. The highest BCUT2D eigenvalue weighted by Crippen LogP contribution is 2.37. The van der Waals surface area contributed by atoms with Crippen molar-refractivity contribution in [2.45, 2.75) is 42.6 Å². The van der Waals surface area contributed by atoms with E-state index in [9.17, 15) is 18.0 Å². The van der Waals surface area contributed by atoms with Crippen molar-refractivity contribution in [2.75, 3.05) is 32.2 Å². The summed E-state index contributed by atoms with van der Waals surface area (Å²) in [5.41, 5.74) is -0.242. The quantitative estimate of drug-likeness (QED) is 0.284. The van der Waals surface area contributed by atoms with Gasteiger partial charge in [-0.3, -0.25) is 18.6 Å². The van der Waals surface area contributed by atoms with Crippen LogP contribution in [0.25, 0.3) is 10.2 Å². The van der Waals surface area contributed by atoms with Crippen molar-refractivity contribution in [3.8, 4) is 0 Å². The Morgan fingerprint density at radius 1 is 1.18 bits per heavy atom. The van der Waals surface area contributed by atoms with E-state index in [2.05, 4.69) is 9.82 Å². The first-order valence-electron chi connectivity index (χ1n) is 12.7. The Bertz CT molecular complexity index is 1800. The van der Waals surface area contributed by atoms with E-state index in [1.807, 2.05) is 6.92 Å². The number of hydrogen-bond acceptors (Lipinski definition) is 8. The lowest BCUT2D eigenvalue weighted by Gasteiger charge is -2.20. The van der Waals surface area contributed by atoms with Crippen LogP contribution in [0.3, 0.4) is 0 Å². The third-order valence-corrected chi connectivity index (χ3v) is 10.3. The van der Waals surface area contributed by atoms with Crippen molar-refractivity contribution < 1.29 is 17.5 Å². The Morgan fingerprint density at radius 3 is 2.52 bits per heavy atom. The molecule has 0 radical (unpaired) electrons. The number of nitrogens with one attached hydrogen (secondary N) is 1. The highest BCUT2D eigenvalue weighted by atomic mass is 32.2. The summed E-state index contributed by atoms with van der Waals surface area (Å²) in [6.45, 7) is 2.63. The molecule has 1 saturated carbocycles. The molecule has 1 aliphatic carbocycles. The van der Waals surface area contributed by atoms with Gasteiger partial charge in [-0.2, -0.15) is 5.10 Å². The molecule has 3 aromatic heterocycles. The van der Waals surface area contributed by atoms with Crippen LogP contribution in [0.2, 0.25) is 0 Å². The summed E-state index contributed by atoms with van der Waals surface area (Å²) in [5.74, 6) is -0.472. The number of rotatable bonds is 11. The predicted octanol–water partition coefficient (Wildman–Crippen LogP) is 2.11. The van der Waals surface area contributed by atoms with Crippen LogP contribution < -0.4 is 20.9 Å². The third-order valence-electron chi connectivity index (χ3n) is 7.01. The van der Waals surface area contributed by atoms with Gasteiger partial charge in [-0.15, -0.1) is 11.3 Å². The fourth-order valence-corrected chi connectivity index (χ4v) is 7.38. The lowest BCUT2D eigenvalue weighted by Crippen LogP contribution is -2.40. The number of anilines is 1. The van der Waals surface area contributed by atoms with Gasteiger partial charge in [0.2, 0.25) is 0 Å². The maximum absolute atomic E-state index is 15.1. The highest BCUT2D eigenvalue weighted by molar-refractivity contribution is 7.91. The van der Waals surface area contributed by atoms with E-state index >= 15 is 4.39 Å². The molecule has 214 valence electrons. The number of aryl methyl sites for hydroxylation is 1. The molecule has 0 amide bonds. The summed E-state index contributed by atoms with van der Waals surface area (Å²) in [4.78, 5) is 29.2. The van der Waals surface area contributed by atoms with Crippen molar-refractivity contribution in [2.24, 2.45) is 7.05 Å². The number of fused-ring (bicyclic) bond motifs is 1. The molecule has 0 saturated heterocycles. The molecule has 4 aromatic rings. The summed E-state index contributed by atoms with van der Waals surface area (Å²) < 4.78 is 53.0. The van der Waals surface area contributed by atoms with Crippen molar-refractivity contribution in [3.05, 3.63) is 74.4 Å². The number of likely N-dealkylation sites (N-methyl/N-ethyl adjacent to an activating group) is 1. The number of nitrogens with zero attached hydrogens (tertiary/aromatic N) is 5. The molecule has 14 heteroatoms. The molecule has 0 spiro atoms. The number of thiophene rings is 1. The monoisotopic (exact) mass is 590 g/mol. The predicted molar refractivity (Wildman–Crippen MR) is 151 cm³/mol. The number of hydrogen-bond donors (Lipinski definition) is 1. The van der Waals surface area contributed by atoms with E-state index in [1.165, 1.54) is 16.7 Å². The Kier molecular flexibility index (Phi) is 7.46. The van der Waals surface area contributed by atoms with Crippen LogP contribution in [-0.2, 0) is 34.9 Å². The fourth-order valence-electron chi connectivity index (χ4n) is 4.48. The van der Waals surface area contributed by atoms with Gasteiger partial charge in [-0.05, 0) is 43.5 Å². The number of benzene rings is 1. The number of ether oxygens (including phenoxy) is 1. The highest BCUT2D eigenvalue weighted by Gasteiger charge is 2.41. The molecule has 0 atom stereocenters. The van der Waals surface area contributed by atoms with Crippen LogP contribution in [0, 0.1) is 5.82 Å². The number of aromatic nitrogens is 4. The standard InChI is InChI=1S/C26H31FN6O5S2/c1-26(7-8-26)29-40(36,37)22-12-19-23(34)32(16-18-13-28-31(3)14-18)25(35)33(24(19)39-22)15-17-5-6-21(20(27)11-17)30(2)9-10-38-4/h5-6,11-14,29H,7-10,15-16H2,1-4H3. The van der Waals surface area contributed by atoms with Crippen LogP contribution in [0.1, 0.15) is 30.9 Å². The third kappa shape index (κ3) is 5.61. The van der Waals surface area contributed by atoms with Crippen LogP contribution in [-0.4, -0.2) is 60.2 Å². The zero-order valence-corrected chi connectivity index (χ0v) is 24.3. The van der Waals surface area contributed by atoms with Crippen LogP contribution in [0.15, 0.2) is 50.5 Å². The van der Waals surface area contributed by atoms with Gasteiger partial charge in [0.25, 0.3) is 15.6 Å². The van der Waals surface area contributed by atoms with E-state index in [0.29, 0.717) is 30.0 Å². The Labute approximate surface area is 234 Å². The van der Waals surface area contributed by atoms with Crippen molar-refractivity contribution in [3.63, 3.8) is 0 Å². The second kappa shape index (κ2) is 10.6. The molecule has 1 fully saturated rings. The van der Waals surface area contributed by atoms with Gasteiger partial charge < -0.3 is 9.64 Å². The zero-order chi connectivity index (χ0) is 28.8. The fraction of sp³-hybridized carbons (Fsp3) is 0.423. The molecule has 0 aliphatic heterocycles. The molecule has 1 aliphatic rings. The molecular weight excluding hydrogens is 559 g/mol. The maximum atomic E-state index is 15.1. The van der Waals surface area contributed by atoms with Crippen LogP contribution in [0.5, 0.6) is 0 Å². The van der Waals surface area contributed by atoms with Crippen molar-refractivity contribution >= 4 is 37.3 Å². The van der Waals surface area contributed by atoms with E-state index in [4.69, 9.17) is 4.74 Å². The zero-order valence-electron chi connectivity index (χ0n) is 22.7. The minimum atomic E-state index is -3.92. The lowest BCUT2D eigenvalue weighted by atomic mass is 10.2. The van der Waals surface area contributed by atoms with Gasteiger partial charge in [0.15, 0.2) is 0 Å². The topological polar surface area (TPSA) is 120 Å². The minimum Gasteiger partial charge on any atom is -0.383 e. The first-order valence-corrected chi connectivity index (χ1v) is 15.0. The van der Waals surface area contributed by atoms with Crippen molar-refractivity contribution in [1.29, 1.82) is 0 Å². The average molecular weight is 591 g/mol. The Morgan fingerprint density at radius 2 is 1.90 bits per heavy atom. The smallest absolute Gasteiger partial charge is 0.332 e. The molecule has 0 unspecified atom stereocenters. The lowest BCUT2D eigenvalue weighted by molar-refractivity contribution is 0.206. The summed E-state index contributed by atoms with van der Waals surface area (Å²) in [7, 11) is 1.13. The molecule has 11 nitrogen and oxygen atoms in total. The summed E-state index contributed by atoms with van der Waals surface area (Å²) >= 11 is 0.854. The Balaban J connectivity index is 1.60. The minimum absolute atomic E-state index is 0.0483. The molecule has 5 rings (SSSR count). The number of halogens is 1. The molecule has 1 N–H and O–H groups in total. The second-order valence-corrected chi connectivity index (χ2v) is 13.4. The van der Waals surface area contributed by atoms with Crippen molar-refractivity contribution in [1.82, 2.24) is 23.6 Å². The number of methoxy groups -OCH3 is 1.